The standard InChI is InChI=1S/C12H18N4O2/c1-7-11(8(2)16(3)15-7)12(18)13-6-9-4-5-10(17)14-9/h9H,4-6H2,1-3H3,(H,13,18)(H,14,17). The molecule has 6 heteroatoms. The van der Waals surface area contributed by atoms with Gasteiger partial charge in [-0.25, -0.2) is 0 Å². The summed E-state index contributed by atoms with van der Waals surface area (Å²) in [7, 11) is 1.82. The first-order valence-electron chi connectivity index (χ1n) is 6.06. The molecule has 2 heterocycles. The van der Waals surface area contributed by atoms with Crippen LogP contribution in [0.5, 0.6) is 0 Å². The van der Waals surface area contributed by atoms with Crippen molar-refractivity contribution in [2.75, 3.05) is 6.54 Å². The average molecular weight is 250 g/mol. The molecule has 0 aliphatic carbocycles. The van der Waals surface area contributed by atoms with Gasteiger partial charge < -0.3 is 10.6 Å². The Balaban J connectivity index is 1.97. The van der Waals surface area contributed by atoms with Crippen LogP contribution in [0, 0.1) is 13.8 Å². The van der Waals surface area contributed by atoms with Crippen LogP contribution in [0.15, 0.2) is 0 Å². The Kier molecular flexibility index (Phi) is 3.36. The van der Waals surface area contributed by atoms with Gasteiger partial charge in [0.15, 0.2) is 0 Å². The highest BCUT2D eigenvalue weighted by atomic mass is 16.2. The van der Waals surface area contributed by atoms with Gasteiger partial charge in [0.1, 0.15) is 0 Å². The van der Waals surface area contributed by atoms with E-state index in [0.29, 0.717) is 18.5 Å². The van der Waals surface area contributed by atoms with E-state index in [4.69, 9.17) is 0 Å². The molecule has 1 atom stereocenters. The molecule has 1 aliphatic rings. The number of nitrogens with zero attached hydrogens (tertiary/aromatic N) is 2. The Hall–Kier alpha value is -1.85. The van der Waals surface area contributed by atoms with Crippen molar-refractivity contribution in [2.45, 2.75) is 32.7 Å². The Bertz CT molecular complexity index is 493. The van der Waals surface area contributed by atoms with Crippen molar-refractivity contribution < 1.29 is 9.59 Å². The quantitative estimate of drug-likeness (QED) is 0.795. The summed E-state index contributed by atoms with van der Waals surface area (Å²) < 4.78 is 1.70. The number of amides is 2. The average Bonchev–Trinajstić information content (AvgIpc) is 2.82. The second-order valence-corrected chi connectivity index (χ2v) is 4.68. The molecule has 1 aromatic heterocycles. The van der Waals surface area contributed by atoms with E-state index in [-0.39, 0.29) is 17.9 Å². The van der Waals surface area contributed by atoms with Gasteiger partial charge >= 0.3 is 0 Å². The van der Waals surface area contributed by atoms with Crippen LogP contribution in [0.3, 0.4) is 0 Å². The fourth-order valence-corrected chi connectivity index (χ4v) is 2.24. The lowest BCUT2D eigenvalue weighted by Gasteiger charge is -2.11. The van der Waals surface area contributed by atoms with E-state index in [1.807, 2.05) is 20.9 Å². The van der Waals surface area contributed by atoms with E-state index in [1.54, 1.807) is 4.68 Å². The summed E-state index contributed by atoms with van der Waals surface area (Å²) in [6, 6.07) is 0.0544. The first kappa shape index (κ1) is 12.6. The van der Waals surface area contributed by atoms with Crippen LogP contribution in [-0.2, 0) is 11.8 Å². The van der Waals surface area contributed by atoms with Crippen molar-refractivity contribution in [2.24, 2.45) is 7.05 Å². The molecule has 98 valence electrons. The molecule has 0 spiro atoms. The van der Waals surface area contributed by atoms with Gasteiger partial charge in [0.25, 0.3) is 5.91 Å². The van der Waals surface area contributed by atoms with Gasteiger partial charge in [0.2, 0.25) is 5.91 Å². The third-order valence-corrected chi connectivity index (χ3v) is 3.33. The molecule has 0 aromatic carbocycles. The van der Waals surface area contributed by atoms with Crippen LogP contribution in [0.25, 0.3) is 0 Å². The first-order chi connectivity index (χ1) is 8.49. The van der Waals surface area contributed by atoms with E-state index >= 15 is 0 Å². The van der Waals surface area contributed by atoms with Crippen molar-refractivity contribution in [3.63, 3.8) is 0 Å². The lowest BCUT2D eigenvalue weighted by molar-refractivity contribution is -0.119. The van der Waals surface area contributed by atoms with Crippen molar-refractivity contribution in [3.8, 4) is 0 Å². The van der Waals surface area contributed by atoms with Crippen molar-refractivity contribution in [3.05, 3.63) is 17.0 Å². The maximum Gasteiger partial charge on any atom is 0.255 e. The highest BCUT2D eigenvalue weighted by Gasteiger charge is 2.22. The highest BCUT2D eigenvalue weighted by Crippen LogP contribution is 2.12. The van der Waals surface area contributed by atoms with E-state index in [0.717, 1.165) is 17.8 Å². The molecular formula is C12H18N4O2. The number of aromatic nitrogens is 2. The van der Waals surface area contributed by atoms with Gasteiger partial charge in [-0.3, -0.25) is 14.3 Å². The summed E-state index contributed by atoms with van der Waals surface area (Å²) in [5.74, 6) is -0.0674. The predicted molar refractivity (Wildman–Crippen MR) is 66.2 cm³/mol. The smallest absolute Gasteiger partial charge is 0.255 e. The van der Waals surface area contributed by atoms with E-state index < -0.39 is 0 Å². The van der Waals surface area contributed by atoms with Crippen molar-refractivity contribution in [1.82, 2.24) is 20.4 Å². The Labute approximate surface area is 106 Å². The summed E-state index contributed by atoms with van der Waals surface area (Å²) in [4.78, 5) is 23.1. The van der Waals surface area contributed by atoms with E-state index in [9.17, 15) is 9.59 Å². The molecule has 1 fully saturated rings. The summed E-state index contributed by atoms with van der Waals surface area (Å²) >= 11 is 0. The summed E-state index contributed by atoms with van der Waals surface area (Å²) in [6.07, 6.45) is 1.33. The molecule has 6 nitrogen and oxygen atoms in total. The molecule has 0 bridgehead atoms. The number of hydrogen-bond acceptors (Lipinski definition) is 3. The minimum absolute atomic E-state index is 0.0544. The Morgan fingerprint density at radius 3 is 2.78 bits per heavy atom. The highest BCUT2D eigenvalue weighted by molar-refractivity contribution is 5.96. The van der Waals surface area contributed by atoms with Gasteiger partial charge in [-0.1, -0.05) is 0 Å². The minimum Gasteiger partial charge on any atom is -0.352 e. The molecule has 18 heavy (non-hydrogen) atoms. The second-order valence-electron chi connectivity index (χ2n) is 4.68. The number of nitrogens with one attached hydrogen (secondary N) is 2. The van der Waals surface area contributed by atoms with Gasteiger partial charge in [-0.05, 0) is 20.3 Å². The van der Waals surface area contributed by atoms with Crippen molar-refractivity contribution >= 4 is 11.8 Å². The Morgan fingerprint density at radius 1 is 1.56 bits per heavy atom. The van der Waals surface area contributed by atoms with Crippen LogP contribution < -0.4 is 10.6 Å². The van der Waals surface area contributed by atoms with Crippen LogP contribution >= 0.6 is 0 Å². The molecule has 0 saturated carbocycles. The minimum atomic E-state index is -0.126. The second kappa shape index (κ2) is 4.80. The van der Waals surface area contributed by atoms with Crippen LogP contribution in [0.2, 0.25) is 0 Å². The van der Waals surface area contributed by atoms with Gasteiger partial charge in [-0.15, -0.1) is 0 Å². The molecule has 1 unspecified atom stereocenters. The molecule has 1 aromatic rings. The number of aryl methyl sites for hydroxylation is 2. The van der Waals surface area contributed by atoms with E-state index in [1.165, 1.54) is 0 Å². The molecule has 1 saturated heterocycles. The topological polar surface area (TPSA) is 76.0 Å². The third kappa shape index (κ3) is 2.37. The molecule has 2 rings (SSSR count). The largest absolute Gasteiger partial charge is 0.352 e. The number of carbonyl (C=O) groups excluding carboxylic acids is 2. The fourth-order valence-electron chi connectivity index (χ4n) is 2.24. The zero-order valence-electron chi connectivity index (χ0n) is 10.9. The molecular weight excluding hydrogens is 232 g/mol. The molecule has 2 N–H and O–H groups in total. The monoisotopic (exact) mass is 250 g/mol. The van der Waals surface area contributed by atoms with Crippen molar-refractivity contribution in [1.29, 1.82) is 0 Å². The summed E-state index contributed by atoms with van der Waals surface area (Å²) in [5.41, 5.74) is 2.20. The fraction of sp³-hybridized carbons (Fsp3) is 0.583. The van der Waals surface area contributed by atoms with Crippen LogP contribution in [0.1, 0.15) is 34.6 Å². The predicted octanol–water partition coefficient (Wildman–Crippen LogP) is 0.0453. The Morgan fingerprint density at radius 2 is 2.28 bits per heavy atom. The summed E-state index contributed by atoms with van der Waals surface area (Å²) in [6.45, 7) is 4.16. The number of carbonyl (C=O) groups is 2. The molecule has 1 aliphatic heterocycles. The SMILES string of the molecule is Cc1nn(C)c(C)c1C(=O)NCC1CCC(=O)N1. The normalized spacial score (nSPS) is 18.8. The molecule has 2 amide bonds. The summed E-state index contributed by atoms with van der Waals surface area (Å²) in [5, 5.41) is 9.88. The van der Waals surface area contributed by atoms with Crippen LogP contribution in [0.4, 0.5) is 0 Å². The number of hydrogen-bond donors (Lipinski definition) is 2. The maximum atomic E-state index is 12.1. The first-order valence-corrected chi connectivity index (χ1v) is 6.06. The maximum absolute atomic E-state index is 12.1. The third-order valence-electron chi connectivity index (χ3n) is 3.33. The van der Waals surface area contributed by atoms with Gasteiger partial charge in [0, 0.05) is 31.7 Å². The lowest BCUT2D eigenvalue weighted by atomic mass is 10.1. The van der Waals surface area contributed by atoms with Gasteiger partial charge in [0.05, 0.1) is 11.3 Å². The van der Waals surface area contributed by atoms with E-state index in [2.05, 4.69) is 15.7 Å². The lowest BCUT2D eigenvalue weighted by Crippen LogP contribution is -2.38. The van der Waals surface area contributed by atoms with Gasteiger partial charge in [-0.2, -0.15) is 5.10 Å². The zero-order valence-corrected chi connectivity index (χ0v) is 10.9. The molecule has 0 radical (unpaired) electrons. The van der Waals surface area contributed by atoms with Crippen LogP contribution in [-0.4, -0.2) is 34.2 Å². The number of rotatable bonds is 3. The zero-order chi connectivity index (χ0) is 13.3.